The zero-order valence-electron chi connectivity index (χ0n) is 12.7. The number of rotatable bonds is 3. The second-order valence-electron chi connectivity index (χ2n) is 6.33. The van der Waals surface area contributed by atoms with E-state index in [0.717, 1.165) is 31.7 Å². The molecule has 0 spiro atoms. The summed E-state index contributed by atoms with van der Waals surface area (Å²) in [4.78, 5) is 2.61. The SMILES string of the molecule is N#Cc1ccccc1[C@H](C1CCCCC1)N1CCNCC1. The van der Waals surface area contributed by atoms with Crippen LogP contribution in [0.4, 0.5) is 0 Å². The molecule has 21 heavy (non-hydrogen) atoms. The number of hydrogen-bond donors (Lipinski definition) is 1. The molecule has 1 aliphatic heterocycles. The molecule has 1 N–H and O–H groups in total. The highest BCUT2D eigenvalue weighted by molar-refractivity contribution is 5.40. The molecule has 0 bridgehead atoms. The molecule has 2 aliphatic rings. The van der Waals surface area contributed by atoms with E-state index in [1.807, 2.05) is 12.1 Å². The number of nitrogens with one attached hydrogen (secondary N) is 1. The highest BCUT2D eigenvalue weighted by Crippen LogP contribution is 2.39. The van der Waals surface area contributed by atoms with Crippen molar-refractivity contribution in [2.75, 3.05) is 26.2 Å². The van der Waals surface area contributed by atoms with Gasteiger partial charge in [-0.1, -0.05) is 37.5 Å². The van der Waals surface area contributed by atoms with E-state index in [1.54, 1.807) is 0 Å². The summed E-state index contributed by atoms with van der Waals surface area (Å²) in [7, 11) is 0. The maximum Gasteiger partial charge on any atom is 0.0995 e. The molecular formula is C18H25N3. The summed E-state index contributed by atoms with van der Waals surface area (Å²) >= 11 is 0. The second-order valence-corrected chi connectivity index (χ2v) is 6.33. The van der Waals surface area contributed by atoms with Crippen molar-refractivity contribution < 1.29 is 0 Å². The van der Waals surface area contributed by atoms with E-state index < -0.39 is 0 Å². The lowest BCUT2D eigenvalue weighted by Gasteiger charge is -2.41. The molecule has 1 aliphatic carbocycles. The first-order valence-electron chi connectivity index (χ1n) is 8.34. The maximum absolute atomic E-state index is 9.48. The molecule has 3 heteroatoms. The van der Waals surface area contributed by atoms with E-state index in [2.05, 4.69) is 28.4 Å². The zero-order valence-corrected chi connectivity index (χ0v) is 12.7. The summed E-state index contributed by atoms with van der Waals surface area (Å²) < 4.78 is 0. The average Bonchev–Trinajstić information content (AvgIpc) is 2.58. The van der Waals surface area contributed by atoms with Crippen molar-refractivity contribution in [1.29, 1.82) is 5.26 Å². The first-order valence-corrected chi connectivity index (χ1v) is 8.34. The van der Waals surface area contributed by atoms with Crippen molar-refractivity contribution in [3.63, 3.8) is 0 Å². The molecule has 2 fully saturated rings. The zero-order chi connectivity index (χ0) is 14.5. The van der Waals surface area contributed by atoms with Crippen molar-refractivity contribution in [1.82, 2.24) is 10.2 Å². The molecule has 1 saturated heterocycles. The van der Waals surface area contributed by atoms with Crippen LogP contribution in [0.25, 0.3) is 0 Å². The Bertz CT molecular complexity index is 475. The molecule has 0 amide bonds. The van der Waals surface area contributed by atoms with Gasteiger partial charge in [0.15, 0.2) is 0 Å². The lowest BCUT2D eigenvalue weighted by atomic mass is 9.79. The fourth-order valence-corrected chi connectivity index (χ4v) is 4.02. The Morgan fingerprint density at radius 2 is 1.81 bits per heavy atom. The monoisotopic (exact) mass is 283 g/mol. The Morgan fingerprint density at radius 1 is 1.10 bits per heavy atom. The van der Waals surface area contributed by atoms with Gasteiger partial charge in [0.2, 0.25) is 0 Å². The summed E-state index contributed by atoms with van der Waals surface area (Å²) in [6.07, 6.45) is 6.71. The van der Waals surface area contributed by atoms with Crippen LogP contribution in [-0.2, 0) is 0 Å². The van der Waals surface area contributed by atoms with E-state index in [9.17, 15) is 5.26 Å². The molecule has 1 aromatic rings. The third-order valence-corrected chi connectivity index (χ3v) is 5.04. The van der Waals surface area contributed by atoms with Gasteiger partial charge < -0.3 is 5.32 Å². The summed E-state index contributed by atoms with van der Waals surface area (Å²) in [5.41, 5.74) is 2.13. The van der Waals surface area contributed by atoms with Crippen LogP contribution in [0.2, 0.25) is 0 Å². The van der Waals surface area contributed by atoms with E-state index in [0.29, 0.717) is 12.0 Å². The predicted octanol–water partition coefficient (Wildman–Crippen LogP) is 3.08. The average molecular weight is 283 g/mol. The standard InChI is InChI=1S/C18H25N3/c19-14-16-8-4-5-9-17(16)18(15-6-2-1-3-7-15)21-12-10-20-11-13-21/h4-5,8-9,15,18,20H,1-3,6-7,10-13H2/t18-/m0/s1. The Morgan fingerprint density at radius 3 is 2.52 bits per heavy atom. The summed E-state index contributed by atoms with van der Waals surface area (Å²) in [6.45, 7) is 4.33. The van der Waals surface area contributed by atoms with E-state index in [-0.39, 0.29) is 0 Å². The number of hydrogen-bond acceptors (Lipinski definition) is 3. The van der Waals surface area contributed by atoms with Crippen LogP contribution in [0.15, 0.2) is 24.3 Å². The van der Waals surface area contributed by atoms with Crippen LogP contribution in [0.5, 0.6) is 0 Å². The van der Waals surface area contributed by atoms with Gasteiger partial charge >= 0.3 is 0 Å². The van der Waals surface area contributed by atoms with Gasteiger partial charge in [-0.2, -0.15) is 5.26 Å². The number of nitrogens with zero attached hydrogens (tertiary/aromatic N) is 2. The van der Waals surface area contributed by atoms with Crippen LogP contribution in [0.3, 0.4) is 0 Å². The number of nitriles is 1. The Kier molecular flexibility index (Phi) is 4.90. The lowest BCUT2D eigenvalue weighted by Crippen LogP contribution is -2.47. The van der Waals surface area contributed by atoms with Gasteiger partial charge in [0.1, 0.15) is 0 Å². The van der Waals surface area contributed by atoms with E-state index in [1.165, 1.54) is 37.7 Å². The molecule has 3 rings (SSSR count). The van der Waals surface area contributed by atoms with Crippen LogP contribution < -0.4 is 5.32 Å². The minimum absolute atomic E-state index is 0.434. The van der Waals surface area contributed by atoms with Crippen LogP contribution in [0, 0.1) is 17.2 Å². The van der Waals surface area contributed by atoms with Gasteiger partial charge in [-0.25, -0.2) is 0 Å². The molecule has 0 aromatic heterocycles. The maximum atomic E-state index is 9.48. The lowest BCUT2D eigenvalue weighted by molar-refractivity contribution is 0.103. The van der Waals surface area contributed by atoms with Gasteiger partial charge in [-0.05, 0) is 30.4 Å². The highest BCUT2D eigenvalue weighted by atomic mass is 15.2. The van der Waals surface area contributed by atoms with Crippen molar-refractivity contribution >= 4 is 0 Å². The smallest absolute Gasteiger partial charge is 0.0995 e. The van der Waals surface area contributed by atoms with Crippen molar-refractivity contribution in [2.24, 2.45) is 5.92 Å². The molecule has 1 aromatic carbocycles. The molecular weight excluding hydrogens is 258 g/mol. The third kappa shape index (κ3) is 3.28. The molecule has 112 valence electrons. The quantitative estimate of drug-likeness (QED) is 0.926. The summed E-state index contributed by atoms with van der Waals surface area (Å²) in [6, 6.07) is 11.1. The van der Waals surface area contributed by atoms with Gasteiger partial charge in [0.05, 0.1) is 11.6 Å². The van der Waals surface area contributed by atoms with E-state index in [4.69, 9.17) is 0 Å². The first-order chi connectivity index (χ1) is 10.4. The van der Waals surface area contributed by atoms with Crippen molar-refractivity contribution in [3.8, 4) is 6.07 Å². The first kappa shape index (κ1) is 14.6. The van der Waals surface area contributed by atoms with Gasteiger partial charge in [-0.3, -0.25) is 4.90 Å². The van der Waals surface area contributed by atoms with Crippen LogP contribution in [-0.4, -0.2) is 31.1 Å². The third-order valence-electron chi connectivity index (χ3n) is 5.04. The van der Waals surface area contributed by atoms with Gasteiger partial charge in [0.25, 0.3) is 0 Å². The Balaban J connectivity index is 1.92. The minimum atomic E-state index is 0.434. The Hall–Kier alpha value is -1.37. The fraction of sp³-hybridized carbons (Fsp3) is 0.611. The number of piperazine rings is 1. The van der Waals surface area contributed by atoms with E-state index >= 15 is 0 Å². The summed E-state index contributed by atoms with van der Waals surface area (Å²) in [5.74, 6) is 0.714. The molecule has 0 radical (unpaired) electrons. The molecule has 1 heterocycles. The highest BCUT2D eigenvalue weighted by Gasteiger charge is 2.32. The van der Waals surface area contributed by atoms with Gasteiger partial charge in [0, 0.05) is 32.2 Å². The molecule has 3 nitrogen and oxygen atoms in total. The van der Waals surface area contributed by atoms with Crippen molar-refractivity contribution in [3.05, 3.63) is 35.4 Å². The van der Waals surface area contributed by atoms with Crippen LogP contribution >= 0.6 is 0 Å². The topological polar surface area (TPSA) is 39.1 Å². The second kappa shape index (κ2) is 7.06. The van der Waals surface area contributed by atoms with Gasteiger partial charge in [-0.15, -0.1) is 0 Å². The number of benzene rings is 1. The molecule has 1 atom stereocenters. The normalized spacial score (nSPS) is 22.6. The predicted molar refractivity (Wildman–Crippen MR) is 84.9 cm³/mol. The fourth-order valence-electron chi connectivity index (χ4n) is 4.02. The minimum Gasteiger partial charge on any atom is -0.314 e. The molecule has 0 unspecified atom stereocenters. The molecule has 1 saturated carbocycles. The van der Waals surface area contributed by atoms with Crippen molar-refractivity contribution in [2.45, 2.75) is 38.1 Å². The largest absolute Gasteiger partial charge is 0.314 e. The summed E-state index contributed by atoms with van der Waals surface area (Å²) in [5, 5.41) is 12.9. The Labute approximate surface area is 128 Å². The van der Waals surface area contributed by atoms with Crippen LogP contribution in [0.1, 0.15) is 49.3 Å².